The van der Waals surface area contributed by atoms with E-state index in [1.807, 2.05) is 12.1 Å². The molecule has 0 fully saturated rings. The topological polar surface area (TPSA) is 87.0 Å². The lowest BCUT2D eigenvalue weighted by atomic mass is 9.94. The first-order valence-corrected chi connectivity index (χ1v) is 13.6. The predicted molar refractivity (Wildman–Crippen MR) is 142 cm³/mol. The minimum absolute atomic E-state index is 0.0181. The van der Waals surface area contributed by atoms with Crippen LogP contribution in [0, 0.1) is 17.2 Å². The molecule has 0 spiro atoms. The summed E-state index contributed by atoms with van der Waals surface area (Å²) in [6, 6.07) is 17.3. The van der Waals surface area contributed by atoms with Gasteiger partial charge in [0.05, 0.1) is 38.7 Å². The quantitative estimate of drug-likeness (QED) is 0.352. The van der Waals surface area contributed by atoms with Crippen LogP contribution in [0.25, 0.3) is 11.1 Å². The minimum Gasteiger partial charge on any atom is -0.326 e. The Balaban J connectivity index is 1.78. The van der Waals surface area contributed by atoms with E-state index in [2.05, 4.69) is 25.2 Å². The second-order valence-corrected chi connectivity index (χ2v) is 11.8. The van der Waals surface area contributed by atoms with Gasteiger partial charge < -0.3 is 5.32 Å². The van der Waals surface area contributed by atoms with Crippen LogP contribution in [0.15, 0.2) is 59.5 Å². The van der Waals surface area contributed by atoms with Gasteiger partial charge in [0.2, 0.25) is 5.91 Å². The Kier molecular flexibility index (Phi) is 8.60. The Morgan fingerprint density at radius 2 is 1.66 bits per heavy atom. The lowest BCUT2D eigenvalue weighted by Gasteiger charge is -2.14. The van der Waals surface area contributed by atoms with Crippen LogP contribution in [0.4, 0.5) is 5.69 Å². The van der Waals surface area contributed by atoms with Crippen molar-refractivity contribution < 1.29 is 13.2 Å². The zero-order valence-electron chi connectivity index (χ0n) is 19.7. The molecular weight excluding hydrogens is 503 g/mol. The van der Waals surface area contributed by atoms with Gasteiger partial charge in [0, 0.05) is 11.3 Å². The average Bonchev–Trinajstić information content (AvgIpc) is 2.79. The van der Waals surface area contributed by atoms with E-state index < -0.39 is 9.84 Å². The molecule has 0 heterocycles. The van der Waals surface area contributed by atoms with E-state index in [1.165, 1.54) is 12.1 Å². The zero-order valence-corrected chi connectivity index (χ0v) is 22.1. The Labute approximate surface area is 216 Å². The predicted octanol–water partition coefficient (Wildman–Crippen LogP) is 6.71. The lowest BCUT2D eigenvalue weighted by molar-refractivity contribution is -0.115. The third kappa shape index (κ3) is 6.64. The number of anilines is 1. The number of amides is 1. The molecule has 3 rings (SSSR count). The van der Waals surface area contributed by atoms with Crippen LogP contribution in [-0.2, 0) is 27.5 Å². The number of carbonyl (C=O) groups excluding carboxylic acids is 1. The average molecular weight is 529 g/mol. The number of rotatable bonds is 8. The first kappa shape index (κ1) is 26.7. The third-order valence-corrected chi connectivity index (χ3v) is 7.85. The number of halogens is 2. The van der Waals surface area contributed by atoms with Crippen LogP contribution in [0.3, 0.4) is 0 Å². The molecular formula is C27H26Cl2N2O3S. The van der Waals surface area contributed by atoms with E-state index in [1.54, 1.807) is 37.3 Å². The van der Waals surface area contributed by atoms with Gasteiger partial charge in [-0.05, 0) is 59.4 Å². The Morgan fingerprint density at radius 3 is 2.20 bits per heavy atom. The van der Waals surface area contributed by atoms with Crippen LogP contribution in [0.5, 0.6) is 0 Å². The number of hydrogen-bond donors (Lipinski definition) is 1. The number of carbonyl (C=O) groups is 1. The van der Waals surface area contributed by atoms with Crippen LogP contribution in [0.1, 0.15) is 37.5 Å². The molecule has 0 saturated heterocycles. The zero-order chi connectivity index (χ0) is 25.8. The van der Waals surface area contributed by atoms with Crippen molar-refractivity contribution in [2.75, 3.05) is 11.1 Å². The largest absolute Gasteiger partial charge is 0.326 e. The number of nitriles is 1. The molecule has 0 unspecified atom stereocenters. The molecule has 0 saturated carbocycles. The molecule has 0 atom stereocenters. The second kappa shape index (κ2) is 11.3. The van der Waals surface area contributed by atoms with Crippen LogP contribution >= 0.6 is 23.2 Å². The number of sulfone groups is 1. The van der Waals surface area contributed by atoms with E-state index in [-0.39, 0.29) is 23.0 Å². The highest BCUT2D eigenvalue weighted by molar-refractivity contribution is 7.91. The highest BCUT2D eigenvalue weighted by Gasteiger charge is 2.16. The number of benzene rings is 3. The molecule has 5 nitrogen and oxygen atoms in total. The van der Waals surface area contributed by atoms with Crippen LogP contribution in [0.2, 0.25) is 10.0 Å². The summed E-state index contributed by atoms with van der Waals surface area (Å²) in [6.07, 6.45) is 0.860. The monoisotopic (exact) mass is 528 g/mol. The molecule has 0 aliphatic carbocycles. The first-order valence-electron chi connectivity index (χ1n) is 11.2. The standard InChI is InChI=1S/C27H26Cl2N2O3S/c1-4-35(33,34)23-9-5-18(6-10-23)12-26(32)31-22-14-24(28)27(25(29)15-22)20-8-7-19(11-17(2)3)21(13-20)16-30/h5-10,13-15,17H,4,11-12H2,1-3H3,(H,31,32). The molecule has 8 heteroatoms. The van der Waals surface area contributed by atoms with Gasteiger partial charge in [-0.2, -0.15) is 5.26 Å². The van der Waals surface area contributed by atoms with Gasteiger partial charge in [0.1, 0.15) is 0 Å². The normalized spacial score (nSPS) is 11.3. The summed E-state index contributed by atoms with van der Waals surface area (Å²) in [5, 5.41) is 13.1. The summed E-state index contributed by atoms with van der Waals surface area (Å²) in [6.45, 7) is 5.78. The van der Waals surface area contributed by atoms with Crippen molar-refractivity contribution in [2.45, 2.75) is 38.5 Å². The fourth-order valence-corrected chi connectivity index (χ4v) is 5.34. The minimum atomic E-state index is -3.29. The SMILES string of the molecule is CCS(=O)(=O)c1ccc(CC(=O)Nc2cc(Cl)c(-c3ccc(CC(C)C)c(C#N)c3)c(Cl)c2)cc1. The van der Waals surface area contributed by atoms with E-state index in [0.29, 0.717) is 38.3 Å². The fraction of sp³-hybridized carbons (Fsp3) is 0.259. The maximum Gasteiger partial charge on any atom is 0.228 e. The van der Waals surface area contributed by atoms with E-state index in [9.17, 15) is 18.5 Å². The van der Waals surface area contributed by atoms with Gasteiger partial charge in [-0.15, -0.1) is 0 Å². The molecule has 0 bridgehead atoms. The van der Waals surface area contributed by atoms with Crippen molar-refractivity contribution in [1.82, 2.24) is 0 Å². The molecule has 0 aromatic heterocycles. The van der Waals surface area contributed by atoms with Gasteiger partial charge in [-0.25, -0.2) is 8.42 Å². The maximum absolute atomic E-state index is 12.6. The number of nitrogens with zero attached hydrogens (tertiary/aromatic N) is 1. The molecule has 3 aromatic rings. The van der Waals surface area contributed by atoms with Crippen molar-refractivity contribution in [3.63, 3.8) is 0 Å². The molecule has 1 N–H and O–H groups in total. The molecule has 0 aliphatic rings. The smallest absolute Gasteiger partial charge is 0.228 e. The van der Waals surface area contributed by atoms with Crippen molar-refractivity contribution in [3.8, 4) is 17.2 Å². The van der Waals surface area contributed by atoms with Crippen molar-refractivity contribution in [3.05, 3.63) is 81.3 Å². The summed E-state index contributed by atoms with van der Waals surface area (Å²) in [7, 11) is -3.29. The van der Waals surface area contributed by atoms with Crippen LogP contribution < -0.4 is 5.32 Å². The molecule has 3 aromatic carbocycles. The van der Waals surface area contributed by atoms with Gasteiger partial charge in [-0.3, -0.25) is 4.79 Å². The van der Waals surface area contributed by atoms with E-state index in [0.717, 1.165) is 17.5 Å². The maximum atomic E-state index is 12.6. The number of hydrogen-bond acceptors (Lipinski definition) is 4. The summed E-state index contributed by atoms with van der Waals surface area (Å²) in [5.74, 6) is 0.149. The van der Waals surface area contributed by atoms with Crippen molar-refractivity contribution in [2.24, 2.45) is 5.92 Å². The van der Waals surface area contributed by atoms with E-state index in [4.69, 9.17) is 23.2 Å². The summed E-state index contributed by atoms with van der Waals surface area (Å²) >= 11 is 13.1. The van der Waals surface area contributed by atoms with E-state index >= 15 is 0 Å². The Hall–Kier alpha value is -2.85. The van der Waals surface area contributed by atoms with Gasteiger partial charge >= 0.3 is 0 Å². The molecule has 0 radical (unpaired) electrons. The van der Waals surface area contributed by atoms with Gasteiger partial charge in [-0.1, -0.05) is 68.2 Å². The van der Waals surface area contributed by atoms with Crippen LogP contribution in [-0.4, -0.2) is 20.1 Å². The first-order chi connectivity index (χ1) is 16.5. The van der Waals surface area contributed by atoms with Gasteiger partial charge in [0.15, 0.2) is 9.84 Å². The fourth-order valence-electron chi connectivity index (χ4n) is 3.75. The highest BCUT2D eigenvalue weighted by atomic mass is 35.5. The summed E-state index contributed by atoms with van der Waals surface area (Å²) < 4.78 is 23.9. The lowest BCUT2D eigenvalue weighted by Crippen LogP contribution is -2.14. The second-order valence-electron chi connectivity index (χ2n) is 8.67. The molecule has 0 aliphatic heterocycles. The van der Waals surface area contributed by atoms with Crippen molar-refractivity contribution in [1.29, 1.82) is 5.26 Å². The molecule has 35 heavy (non-hydrogen) atoms. The molecule has 1 amide bonds. The third-order valence-electron chi connectivity index (χ3n) is 5.50. The number of nitrogens with one attached hydrogen (secondary N) is 1. The Morgan fingerprint density at radius 1 is 1.03 bits per heavy atom. The van der Waals surface area contributed by atoms with Crippen molar-refractivity contribution >= 4 is 44.6 Å². The Bertz CT molecular complexity index is 1370. The van der Waals surface area contributed by atoms with Gasteiger partial charge in [0.25, 0.3) is 0 Å². The molecule has 182 valence electrons. The summed E-state index contributed by atoms with van der Waals surface area (Å²) in [4.78, 5) is 12.8. The highest BCUT2D eigenvalue weighted by Crippen LogP contribution is 2.38. The summed E-state index contributed by atoms with van der Waals surface area (Å²) in [5.41, 5.74) is 3.99.